The minimum atomic E-state index is -0.420. The number of halogens is 1. The van der Waals surface area contributed by atoms with Crippen LogP contribution in [0.3, 0.4) is 0 Å². The first-order chi connectivity index (χ1) is 11.1. The van der Waals surface area contributed by atoms with Crippen LogP contribution in [0.5, 0.6) is 0 Å². The summed E-state index contributed by atoms with van der Waals surface area (Å²) in [6.07, 6.45) is 0. The standard InChI is InChI=1S/C18H14BrNO3/c1-11(12-6-2-4-8-14(12)19)20-18(22)17-10-15(21)13-7-3-5-9-16(13)23-17/h2-11H,1H3,(H,20,22)/t11-/m1/s1. The number of rotatable bonds is 3. The summed E-state index contributed by atoms with van der Waals surface area (Å²) < 4.78 is 6.46. The zero-order valence-electron chi connectivity index (χ0n) is 12.4. The molecule has 3 aromatic rings. The van der Waals surface area contributed by atoms with Gasteiger partial charge in [0, 0.05) is 10.5 Å². The number of carbonyl (C=O) groups excluding carboxylic acids is 1. The first kappa shape index (κ1) is 15.5. The molecule has 0 spiro atoms. The van der Waals surface area contributed by atoms with Gasteiger partial charge in [0.15, 0.2) is 11.2 Å². The Bertz CT molecular complexity index is 933. The van der Waals surface area contributed by atoms with E-state index in [2.05, 4.69) is 21.2 Å². The summed E-state index contributed by atoms with van der Waals surface area (Å²) in [6, 6.07) is 15.5. The number of benzene rings is 2. The Hall–Kier alpha value is -2.40. The zero-order valence-corrected chi connectivity index (χ0v) is 14.0. The van der Waals surface area contributed by atoms with Gasteiger partial charge in [-0.25, -0.2) is 0 Å². The predicted molar refractivity (Wildman–Crippen MR) is 92.5 cm³/mol. The molecular weight excluding hydrogens is 358 g/mol. The summed E-state index contributed by atoms with van der Waals surface area (Å²) in [7, 11) is 0. The van der Waals surface area contributed by atoms with Gasteiger partial charge < -0.3 is 9.73 Å². The van der Waals surface area contributed by atoms with E-state index in [4.69, 9.17) is 4.42 Å². The highest BCUT2D eigenvalue weighted by Gasteiger charge is 2.16. The molecule has 1 heterocycles. The molecular formula is C18H14BrNO3. The topological polar surface area (TPSA) is 59.3 Å². The Morgan fingerprint density at radius 2 is 1.83 bits per heavy atom. The molecule has 0 unspecified atom stereocenters. The molecule has 1 N–H and O–H groups in total. The summed E-state index contributed by atoms with van der Waals surface area (Å²) in [6.45, 7) is 1.87. The molecule has 0 saturated carbocycles. The molecule has 0 aliphatic rings. The Morgan fingerprint density at radius 1 is 1.13 bits per heavy atom. The van der Waals surface area contributed by atoms with Gasteiger partial charge in [0.05, 0.1) is 11.4 Å². The van der Waals surface area contributed by atoms with Crippen molar-refractivity contribution in [2.75, 3.05) is 0 Å². The number of hydrogen-bond donors (Lipinski definition) is 1. The van der Waals surface area contributed by atoms with Crippen LogP contribution in [0.15, 0.2) is 68.3 Å². The Morgan fingerprint density at radius 3 is 2.61 bits per heavy atom. The van der Waals surface area contributed by atoms with Gasteiger partial charge in [0.2, 0.25) is 0 Å². The number of fused-ring (bicyclic) bond motifs is 1. The Labute approximate surface area is 141 Å². The molecule has 0 aliphatic heterocycles. The lowest BCUT2D eigenvalue weighted by molar-refractivity contribution is 0.0912. The maximum absolute atomic E-state index is 12.4. The lowest BCUT2D eigenvalue weighted by atomic mass is 10.1. The second-order valence-electron chi connectivity index (χ2n) is 5.19. The van der Waals surface area contributed by atoms with Crippen molar-refractivity contribution in [3.8, 4) is 0 Å². The van der Waals surface area contributed by atoms with Crippen LogP contribution in [0.1, 0.15) is 29.1 Å². The van der Waals surface area contributed by atoms with Crippen LogP contribution in [0.2, 0.25) is 0 Å². The third kappa shape index (κ3) is 3.19. The van der Waals surface area contributed by atoms with Gasteiger partial charge in [0.25, 0.3) is 5.91 Å². The zero-order chi connectivity index (χ0) is 16.4. The quantitative estimate of drug-likeness (QED) is 0.755. The highest BCUT2D eigenvalue weighted by atomic mass is 79.9. The van der Waals surface area contributed by atoms with Gasteiger partial charge in [-0.2, -0.15) is 0 Å². The number of para-hydroxylation sites is 1. The van der Waals surface area contributed by atoms with E-state index in [-0.39, 0.29) is 17.2 Å². The average Bonchev–Trinajstić information content (AvgIpc) is 2.55. The van der Waals surface area contributed by atoms with Crippen molar-refractivity contribution in [2.45, 2.75) is 13.0 Å². The summed E-state index contributed by atoms with van der Waals surface area (Å²) >= 11 is 3.46. The summed E-state index contributed by atoms with van der Waals surface area (Å²) in [4.78, 5) is 24.4. The third-order valence-electron chi connectivity index (χ3n) is 3.58. The van der Waals surface area contributed by atoms with E-state index in [0.717, 1.165) is 10.0 Å². The highest BCUT2D eigenvalue weighted by molar-refractivity contribution is 9.10. The lowest BCUT2D eigenvalue weighted by Crippen LogP contribution is -2.27. The van der Waals surface area contributed by atoms with E-state index < -0.39 is 5.91 Å². The van der Waals surface area contributed by atoms with Crippen LogP contribution >= 0.6 is 15.9 Å². The normalized spacial score (nSPS) is 12.1. The molecule has 2 aromatic carbocycles. The summed E-state index contributed by atoms with van der Waals surface area (Å²) in [5.41, 5.74) is 1.12. The minimum absolute atomic E-state index is 0.00704. The maximum atomic E-state index is 12.4. The van der Waals surface area contributed by atoms with Crippen molar-refractivity contribution in [1.82, 2.24) is 5.32 Å². The molecule has 4 nitrogen and oxygen atoms in total. The fourth-order valence-corrected chi connectivity index (χ4v) is 3.02. The molecule has 0 fully saturated rings. The SMILES string of the molecule is C[C@@H](NC(=O)c1cc(=O)c2ccccc2o1)c1ccccc1Br. The minimum Gasteiger partial charge on any atom is -0.451 e. The Balaban J connectivity index is 1.89. The number of amides is 1. The molecule has 5 heteroatoms. The number of hydrogen-bond acceptors (Lipinski definition) is 3. The third-order valence-corrected chi connectivity index (χ3v) is 4.30. The van der Waals surface area contributed by atoms with E-state index >= 15 is 0 Å². The van der Waals surface area contributed by atoms with Crippen LogP contribution in [-0.4, -0.2) is 5.91 Å². The average molecular weight is 372 g/mol. The largest absolute Gasteiger partial charge is 0.451 e. The van der Waals surface area contributed by atoms with Crippen molar-refractivity contribution >= 4 is 32.8 Å². The summed E-state index contributed by atoms with van der Waals surface area (Å²) in [5, 5.41) is 3.30. The van der Waals surface area contributed by atoms with Gasteiger partial charge in [-0.05, 0) is 30.7 Å². The van der Waals surface area contributed by atoms with Crippen molar-refractivity contribution < 1.29 is 9.21 Å². The van der Waals surface area contributed by atoms with Crippen LogP contribution in [0.4, 0.5) is 0 Å². The molecule has 116 valence electrons. The predicted octanol–water partition coefficient (Wildman–Crippen LogP) is 4.05. The highest BCUT2D eigenvalue weighted by Crippen LogP contribution is 2.23. The molecule has 1 aromatic heterocycles. The molecule has 0 aliphatic carbocycles. The van der Waals surface area contributed by atoms with Gasteiger partial charge in [-0.3, -0.25) is 9.59 Å². The van der Waals surface area contributed by atoms with Crippen molar-refractivity contribution in [3.63, 3.8) is 0 Å². The van der Waals surface area contributed by atoms with E-state index in [0.29, 0.717) is 11.0 Å². The second kappa shape index (κ2) is 6.38. The Kier molecular flexibility index (Phi) is 4.30. The van der Waals surface area contributed by atoms with E-state index in [1.54, 1.807) is 24.3 Å². The molecule has 23 heavy (non-hydrogen) atoms. The smallest absolute Gasteiger partial charge is 0.287 e. The summed E-state index contributed by atoms with van der Waals surface area (Å²) in [5.74, 6) is -0.413. The van der Waals surface area contributed by atoms with Crippen molar-refractivity contribution in [3.05, 3.63) is 80.6 Å². The van der Waals surface area contributed by atoms with Crippen LogP contribution < -0.4 is 10.7 Å². The van der Waals surface area contributed by atoms with Crippen molar-refractivity contribution in [1.29, 1.82) is 0 Å². The first-order valence-corrected chi connectivity index (χ1v) is 7.94. The lowest BCUT2D eigenvalue weighted by Gasteiger charge is -2.15. The van der Waals surface area contributed by atoms with Crippen LogP contribution in [0.25, 0.3) is 11.0 Å². The van der Waals surface area contributed by atoms with Gasteiger partial charge in [-0.1, -0.05) is 46.3 Å². The van der Waals surface area contributed by atoms with E-state index in [1.165, 1.54) is 6.07 Å². The molecule has 0 bridgehead atoms. The number of nitrogens with one attached hydrogen (secondary N) is 1. The molecule has 3 rings (SSSR count). The molecule has 1 amide bonds. The monoisotopic (exact) mass is 371 g/mol. The maximum Gasteiger partial charge on any atom is 0.287 e. The van der Waals surface area contributed by atoms with Crippen LogP contribution in [-0.2, 0) is 0 Å². The van der Waals surface area contributed by atoms with Gasteiger partial charge in [0.1, 0.15) is 5.58 Å². The fourth-order valence-electron chi connectivity index (χ4n) is 2.39. The number of carbonyl (C=O) groups is 1. The molecule has 1 atom stereocenters. The molecule has 0 saturated heterocycles. The van der Waals surface area contributed by atoms with E-state index in [9.17, 15) is 9.59 Å². The fraction of sp³-hybridized carbons (Fsp3) is 0.111. The van der Waals surface area contributed by atoms with Gasteiger partial charge >= 0.3 is 0 Å². The van der Waals surface area contributed by atoms with Crippen LogP contribution in [0, 0.1) is 0 Å². The second-order valence-corrected chi connectivity index (χ2v) is 6.04. The van der Waals surface area contributed by atoms with Crippen molar-refractivity contribution in [2.24, 2.45) is 0 Å². The van der Waals surface area contributed by atoms with Gasteiger partial charge in [-0.15, -0.1) is 0 Å². The molecule has 0 radical (unpaired) electrons. The van der Waals surface area contributed by atoms with E-state index in [1.807, 2.05) is 31.2 Å². The first-order valence-electron chi connectivity index (χ1n) is 7.14.